The highest BCUT2D eigenvalue weighted by atomic mass is 16.3. The summed E-state index contributed by atoms with van der Waals surface area (Å²) in [6, 6.07) is 0. The van der Waals surface area contributed by atoms with Crippen molar-refractivity contribution in [1.29, 1.82) is 0 Å². The highest BCUT2D eigenvalue weighted by molar-refractivity contribution is 5.23. The molecule has 1 nitrogen and oxygen atoms in total. The van der Waals surface area contributed by atoms with Gasteiger partial charge in [-0.1, -0.05) is 26.0 Å². The fourth-order valence-electron chi connectivity index (χ4n) is 3.88. The first-order valence-corrected chi connectivity index (χ1v) is 5.86. The van der Waals surface area contributed by atoms with Gasteiger partial charge in [0.1, 0.15) is 0 Å². The minimum atomic E-state index is 0.0602. The Labute approximate surface area is 87.2 Å². The molecule has 0 amide bonds. The van der Waals surface area contributed by atoms with Gasteiger partial charge in [-0.2, -0.15) is 0 Å². The van der Waals surface area contributed by atoms with Crippen LogP contribution < -0.4 is 0 Å². The number of fused-ring (bicyclic) bond motifs is 1. The Kier molecular flexibility index (Phi) is 2.26. The molecule has 1 N–H and O–H groups in total. The fourth-order valence-corrected chi connectivity index (χ4v) is 3.88. The van der Waals surface area contributed by atoms with Crippen LogP contribution in [0.4, 0.5) is 0 Å². The topological polar surface area (TPSA) is 20.2 Å². The Hall–Kier alpha value is -0.300. The van der Waals surface area contributed by atoms with Crippen LogP contribution in [0.25, 0.3) is 0 Å². The molecule has 1 heteroatoms. The number of aliphatic hydroxyl groups excluding tert-OH is 1. The molecule has 2 rings (SSSR count). The SMILES string of the molecule is C=C1CCC[C@@]2(C)[C@@H](C)CC[C@@]12CO. The van der Waals surface area contributed by atoms with Crippen LogP contribution in [-0.2, 0) is 0 Å². The molecule has 0 heterocycles. The molecule has 2 aliphatic carbocycles. The van der Waals surface area contributed by atoms with Crippen LogP contribution in [0.3, 0.4) is 0 Å². The maximum atomic E-state index is 9.74. The van der Waals surface area contributed by atoms with Crippen LogP contribution in [0.1, 0.15) is 46.0 Å². The van der Waals surface area contributed by atoms with Gasteiger partial charge in [0.05, 0.1) is 6.61 Å². The minimum Gasteiger partial charge on any atom is -0.395 e. The molecule has 0 aromatic heterocycles. The molecular formula is C13H22O. The number of hydrogen-bond donors (Lipinski definition) is 1. The monoisotopic (exact) mass is 194 g/mol. The van der Waals surface area contributed by atoms with Gasteiger partial charge < -0.3 is 5.11 Å². The molecule has 0 spiro atoms. The lowest BCUT2D eigenvalue weighted by Crippen LogP contribution is -2.45. The highest BCUT2D eigenvalue weighted by Crippen LogP contribution is 2.64. The molecular weight excluding hydrogens is 172 g/mol. The lowest BCUT2D eigenvalue weighted by Gasteiger charge is -2.50. The van der Waals surface area contributed by atoms with E-state index in [1.165, 1.54) is 24.8 Å². The normalized spacial score (nSPS) is 47.9. The molecule has 2 saturated carbocycles. The lowest BCUT2D eigenvalue weighted by atomic mass is 9.55. The van der Waals surface area contributed by atoms with Gasteiger partial charge in [0.25, 0.3) is 0 Å². The Morgan fingerprint density at radius 1 is 1.50 bits per heavy atom. The fraction of sp³-hybridized carbons (Fsp3) is 0.846. The van der Waals surface area contributed by atoms with E-state index in [1.807, 2.05) is 0 Å². The molecule has 0 aromatic carbocycles. The van der Waals surface area contributed by atoms with Crippen molar-refractivity contribution >= 4 is 0 Å². The third-order valence-electron chi connectivity index (χ3n) is 5.31. The summed E-state index contributed by atoms with van der Waals surface area (Å²) < 4.78 is 0. The zero-order valence-corrected chi connectivity index (χ0v) is 9.47. The van der Waals surface area contributed by atoms with E-state index in [1.54, 1.807) is 0 Å². The van der Waals surface area contributed by atoms with Crippen molar-refractivity contribution < 1.29 is 5.11 Å². The van der Waals surface area contributed by atoms with Gasteiger partial charge >= 0.3 is 0 Å². The summed E-state index contributed by atoms with van der Waals surface area (Å²) in [4.78, 5) is 0. The average Bonchev–Trinajstić information content (AvgIpc) is 2.42. The molecule has 0 bridgehead atoms. The summed E-state index contributed by atoms with van der Waals surface area (Å²) in [5.74, 6) is 0.742. The first kappa shape index (κ1) is 10.2. The van der Waals surface area contributed by atoms with Crippen molar-refractivity contribution in [3.8, 4) is 0 Å². The quantitative estimate of drug-likeness (QED) is 0.636. The maximum absolute atomic E-state index is 9.74. The Balaban J connectivity index is 2.42. The van der Waals surface area contributed by atoms with E-state index in [0.29, 0.717) is 12.0 Å². The Morgan fingerprint density at radius 2 is 2.21 bits per heavy atom. The van der Waals surface area contributed by atoms with E-state index < -0.39 is 0 Å². The van der Waals surface area contributed by atoms with Gasteiger partial charge in [-0.25, -0.2) is 0 Å². The average molecular weight is 194 g/mol. The van der Waals surface area contributed by atoms with Gasteiger partial charge in [0.15, 0.2) is 0 Å². The van der Waals surface area contributed by atoms with Crippen molar-refractivity contribution in [2.45, 2.75) is 46.0 Å². The van der Waals surface area contributed by atoms with Crippen molar-refractivity contribution in [1.82, 2.24) is 0 Å². The van der Waals surface area contributed by atoms with Crippen LogP contribution >= 0.6 is 0 Å². The largest absolute Gasteiger partial charge is 0.395 e. The molecule has 2 aliphatic rings. The summed E-state index contributed by atoms with van der Waals surface area (Å²) >= 11 is 0. The van der Waals surface area contributed by atoms with Gasteiger partial charge in [-0.05, 0) is 43.4 Å². The third-order valence-corrected chi connectivity index (χ3v) is 5.31. The van der Waals surface area contributed by atoms with E-state index >= 15 is 0 Å². The van der Waals surface area contributed by atoms with E-state index in [4.69, 9.17) is 0 Å². The van der Waals surface area contributed by atoms with Gasteiger partial charge in [0.2, 0.25) is 0 Å². The number of rotatable bonds is 1. The highest BCUT2D eigenvalue weighted by Gasteiger charge is 2.57. The molecule has 0 aromatic rings. The van der Waals surface area contributed by atoms with Gasteiger partial charge in [0, 0.05) is 5.41 Å². The van der Waals surface area contributed by atoms with E-state index in [-0.39, 0.29) is 5.41 Å². The van der Waals surface area contributed by atoms with Crippen LogP contribution in [0.15, 0.2) is 12.2 Å². The summed E-state index contributed by atoms with van der Waals surface area (Å²) in [7, 11) is 0. The smallest absolute Gasteiger partial charge is 0.0529 e. The zero-order chi connectivity index (χ0) is 10.4. The summed E-state index contributed by atoms with van der Waals surface area (Å²) in [5.41, 5.74) is 1.69. The van der Waals surface area contributed by atoms with E-state index in [0.717, 1.165) is 18.8 Å². The van der Waals surface area contributed by atoms with Crippen LogP contribution in [0.5, 0.6) is 0 Å². The zero-order valence-electron chi connectivity index (χ0n) is 9.47. The Bertz CT molecular complexity index is 258. The predicted molar refractivity (Wildman–Crippen MR) is 59.0 cm³/mol. The number of hydrogen-bond acceptors (Lipinski definition) is 1. The summed E-state index contributed by atoms with van der Waals surface area (Å²) in [6.07, 6.45) is 6.08. The molecule has 0 unspecified atom stereocenters. The maximum Gasteiger partial charge on any atom is 0.0529 e. The third kappa shape index (κ3) is 0.995. The van der Waals surface area contributed by atoms with E-state index in [2.05, 4.69) is 20.4 Å². The van der Waals surface area contributed by atoms with E-state index in [9.17, 15) is 5.11 Å². The molecule has 2 fully saturated rings. The molecule has 80 valence electrons. The van der Waals surface area contributed by atoms with Gasteiger partial charge in [-0.3, -0.25) is 0 Å². The van der Waals surface area contributed by atoms with Crippen LogP contribution in [0, 0.1) is 16.7 Å². The standard InChI is InChI=1S/C13H22O/c1-10-6-8-13(9-14)11(2)5-4-7-12(10,13)3/h10,14H,2,4-9H2,1,3H3/t10-,12-,13+/m0/s1. The van der Waals surface area contributed by atoms with Crippen molar-refractivity contribution in [2.75, 3.05) is 6.61 Å². The first-order valence-electron chi connectivity index (χ1n) is 5.86. The van der Waals surface area contributed by atoms with Crippen molar-refractivity contribution in [2.24, 2.45) is 16.7 Å². The predicted octanol–water partition coefficient (Wildman–Crippen LogP) is 3.14. The second-order valence-corrected chi connectivity index (χ2v) is 5.55. The van der Waals surface area contributed by atoms with Gasteiger partial charge in [-0.15, -0.1) is 0 Å². The molecule has 14 heavy (non-hydrogen) atoms. The summed E-state index contributed by atoms with van der Waals surface area (Å²) in [5, 5.41) is 9.74. The van der Waals surface area contributed by atoms with Crippen molar-refractivity contribution in [3.05, 3.63) is 12.2 Å². The first-order chi connectivity index (χ1) is 6.57. The minimum absolute atomic E-state index is 0.0602. The molecule has 0 aliphatic heterocycles. The molecule has 3 atom stereocenters. The van der Waals surface area contributed by atoms with Crippen molar-refractivity contribution in [3.63, 3.8) is 0 Å². The summed E-state index contributed by atoms with van der Waals surface area (Å²) in [6.45, 7) is 9.24. The lowest BCUT2D eigenvalue weighted by molar-refractivity contribution is 0.00390. The molecule has 0 saturated heterocycles. The Morgan fingerprint density at radius 3 is 2.79 bits per heavy atom. The second-order valence-electron chi connectivity index (χ2n) is 5.55. The molecule has 0 radical (unpaired) electrons. The number of aliphatic hydroxyl groups is 1. The van der Waals surface area contributed by atoms with Crippen LogP contribution in [0.2, 0.25) is 0 Å². The second kappa shape index (κ2) is 3.10. The van der Waals surface area contributed by atoms with Crippen LogP contribution in [-0.4, -0.2) is 11.7 Å².